The molecule has 2 aromatic carbocycles. The molecule has 0 aromatic heterocycles. The zero-order valence-corrected chi connectivity index (χ0v) is 14.1. The van der Waals surface area contributed by atoms with Crippen LogP contribution in [0.3, 0.4) is 0 Å². The van der Waals surface area contributed by atoms with Gasteiger partial charge < -0.3 is 15.2 Å². The fraction of sp³-hybridized carbons (Fsp3) is 0.294. The maximum Gasteiger partial charge on any atom is 0.133 e. The van der Waals surface area contributed by atoms with E-state index in [1.54, 1.807) is 14.2 Å². The zero-order valence-electron chi connectivity index (χ0n) is 12.5. The Balaban J connectivity index is 2.31. The van der Waals surface area contributed by atoms with Crippen LogP contribution in [0.2, 0.25) is 0 Å². The van der Waals surface area contributed by atoms with Crippen molar-refractivity contribution < 1.29 is 9.47 Å². The van der Waals surface area contributed by atoms with Gasteiger partial charge in [-0.15, -0.1) is 0 Å². The maximum atomic E-state index is 6.38. The monoisotopic (exact) mass is 349 g/mol. The van der Waals surface area contributed by atoms with Gasteiger partial charge in [-0.05, 0) is 47.0 Å². The first-order valence-corrected chi connectivity index (χ1v) is 7.57. The lowest BCUT2D eigenvalue weighted by Gasteiger charge is -2.18. The molecule has 3 nitrogen and oxygen atoms in total. The van der Waals surface area contributed by atoms with Gasteiger partial charge in [-0.2, -0.15) is 0 Å². The van der Waals surface area contributed by atoms with E-state index in [4.69, 9.17) is 15.2 Å². The largest absolute Gasteiger partial charge is 0.496 e. The van der Waals surface area contributed by atoms with Gasteiger partial charge in [0.15, 0.2) is 0 Å². The summed E-state index contributed by atoms with van der Waals surface area (Å²) in [6.07, 6.45) is 0.753. The lowest BCUT2D eigenvalue weighted by atomic mass is 9.97. The second kappa shape index (κ2) is 6.96. The normalized spacial score (nSPS) is 12.0. The topological polar surface area (TPSA) is 44.5 Å². The molecule has 112 valence electrons. The van der Waals surface area contributed by atoms with Crippen molar-refractivity contribution in [3.05, 3.63) is 57.6 Å². The minimum Gasteiger partial charge on any atom is -0.496 e. The first-order chi connectivity index (χ1) is 10.0. The smallest absolute Gasteiger partial charge is 0.133 e. The van der Waals surface area contributed by atoms with Crippen molar-refractivity contribution in [1.82, 2.24) is 0 Å². The predicted octanol–water partition coefficient (Wildman–Crippen LogP) is 4.02. The van der Waals surface area contributed by atoms with E-state index >= 15 is 0 Å². The third-order valence-electron chi connectivity index (χ3n) is 3.44. The Kier molecular flexibility index (Phi) is 5.26. The lowest BCUT2D eigenvalue weighted by Crippen LogP contribution is -2.15. The fourth-order valence-corrected chi connectivity index (χ4v) is 2.86. The summed E-state index contributed by atoms with van der Waals surface area (Å²) in [6, 6.07) is 12.1. The van der Waals surface area contributed by atoms with Crippen LogP contribution in [0.15, 0.2) is 40.9 Å². The summed E-state index contributed by atoms with van der Waals surface area (Å²) in [7, 11) is 3.29. The molecule has 0 heterocycles. The standard InChI is InChI=1S/C17H20BrNO2/c1-11-5-4-6-12(7-11)8-15(19)13-9-17(21-3)14(18)10-16(13)20-2/h4-7,9-10,15H,8,19H2,1-3H3. The van der Waals surface area contributed by atoms with Gasteiger partial charge in [0, 0.05) is 11.6 Å². The van der Waals surface area contributed by atoms with Gasteiger partial charge in [-0.1, -0.05) is 29.8 Å². The number of hydrogen-bond acceptors (Lipinski definition) is 3. The Morgan fingerprint density at radius 2 is 1.81 bits per heavy atom. The molecule has 2 rings (SSSR count). The molecule has 0 radical (unpaired) electrons. The van der Waals surface area contributed by atoms with E-state index in [9.17, 15) is 0 Å². The highest BCUT2D eigenvalue weighted by Gasteiger charge is 2.16. The minimum absolute atomic E-state index is 0.149. The molecule has 0 aliphatic rings. The SMILES string of the molecule is COc1cc(C(N)Cc2cccc(C)c2)c(OC)cc1Br. The van der Waals surface area contributed by atoms with E-state index in [1.165, 1.54) is 11.1 Å². The summed E-state index contributed by atoms with van der Waals surface area (Å²) in [6.45, 7) is 2.08. The van der Waals surface area contributed by atoms with Crippen LogP contribution in [0.25, 0.3) is 0 Å². The number of halogens is 1. The average molecular weight is 350 g/mol. The number of ether oxygens (including phenoxy) is 2. The average Bonchev–Trinajstić information content (AvgIpc) is 2.46. The molecule has 0 aliphatic heterocycles. The van der Waals surface area contributed by atoms with Crippen LogP contribution in [0.5, 0.6) is 11.5 Å². The number of methoxy groups -OCH3 is 2. The number of aryl methyl sites for hydroxylation is 1. The van der Waals surface area contributed by atoms with E-state index < -0.39 is 0 Å². The van der Waals surface area contributed by atoms with E-state index in [0.717, 1.165) is 28.0 Å². The summed E-state index contributed by atoms with van der Waals surface area (Å²) in [5.41, 5.74) is 9.77. The molecule has 2 N–H and O–H groups in total. The molecule has 4 heteroatoms. The summed E-state index contributed by atoms with van der Waals surface area (Å²) in [4.78, 5) is 0. The molecule has 21 heavy (non-hydrogen) atoms. The van der Waals surface area contributed by atoms with Crippen molar-refractivity contribution in [1.29, 1.82) is 0 Å². The molecule has 0 saturated heterocycles. The maximum absolute atomic E-state index is 6.38. The van der Waals surface area contributed by atoms with Gasteiger partial charge in [0.2, 0.25) is 0 Å². The quantitative estimate of drug-likeness (QED) is 0.886. The number of benzene rings is 2. The summed E-state index contributed by atoms with van der Waals surface area (Å²) in [5.74, 6) is 1.52. The highest BCUT2D eigenvalue weighted by Crippen LogP contribution is 2.36. The third kappa shape index (κ3) is 3.77. The molecular weight excluding hydrogens is 330 g/mol. The number of hydrogen-bond donors (Lipinski definition) is 1. The Morgan fingerprint density at radius 3 is 2.43 bits per heavy atom. The first-order valence-electron chi connectivity index (χ1n) is 6.77. The minimum atomic E-state index is -0.149. The molecule has 0 spiro atoms. The summed E-state index contributed by atoms with van der Waals surface area (Å²) in [5, 5.41) is 0. The molecule has 0 fully saturated rings. The van der Waals surface area contributed by atoms with E-state index in [1.807, 2.05) is 12.1 Å². The molecule has 0 aliphatic carbocycles. The van der Waals surface area contributed by atoms with Crippen molar-refractivity contribution in [2.24, 2.45) is 5.73 Å². The highest BCUT2D eigenvalue weighted by molar-refractivity contribution is 9.10. The second-order valence-electron chi connectivity index (χ2n) is 5.03. The van der Waals surface area contributed by atoms with Crippen LogP contribution in [0.1, 0.15) is 22.7 Å². The van der Waals surface area contributed by atoms with Crippen LogP contribution in [0.4, 0.5) is 0 Å². The van der Waals surface area contributed by atoms with Crippen LogP contribution in [-0.4, -0.2) is 14.2 Å². The van der Waals surface area contributed by atoms with Crippen molar-refractivity contribution in [3.8, 4) is 11.5 Å². The fourth-order valence-electron chi connectivity index (χ4n) is 2.38. The van der Waals surface area contributed by atoms with Crippen LogP contribution >= 0.6 is 15.9 Å². The Morgan fingerprint density at radius 1 is 1.10 bits per heavy atom. The number of nitrogens with two attached hydrogens (primary N) is 1. The van der Waals surface area contributed by atoms with Crippen molar-refractivity contribution in [3.63, 3.8) is 0 Å². The molecule has 0 amide bonds. The molecule has 1 atom stereocenters. The Bertz CT molecular complexity index is 628. The Labute approximate surface area is 134 Å². The van der Waals surface area contributed by atoms with Gasteiger partial charge in [0.1, 0.15) is 11.5 Å². The summed E-state index contributed by atoms with van der Waals surface area (Å²) < 4.78 is 11.6. The van der Waals surface area contributed by atoms with E-state index in [2.05, 4.69) is 47.1 Å². The third-order valence-corrected chi connectivity index (χ3v) is 4.06. The molecule has 1 unspecified atom stereocenters. The van der Waals surface area contributed by atoms with Crippen LogP contribution < -0.4 is 15.2 Å². The zero-order chi connectivity index (χ0) is 15.4. The van der Waals surface area contributed by atoms with Crippen LogP contribution in [-0.2, 0) is 6.42 Å². The molecule has 0 saturated carbocycles. The van der Waals surface area contributed by atoms with E-state index in [-0.39, 0.29) is 6.04 Å². The highest BCUT2D eigenvalue weighted by atomic mass is 79.9. The Hall–Kier alpha value is -1.52. The summed E-state index contributed by atoms with van der Waals surface area (Å²) >= 11 is 3.46. The van der Waals surface area contributed by atoms with Gasteiger partial charge in [-0.3, -0.25) is 0 Å². The van der Waals surface area contributed by atoms with Crippen LogP contribution in [0, 0.1) is 6.92 Å². The number of rotatable bonds is 5. The first kappa shape index (κ1) is 15.9. The van der Waals surface area contributed by atoms with Crippen molar-refractivity contribution >= 4 is 15.9 Å². The molecule has 0 bridgehead atoms. The molecule has 2 aromatic rings. The van der Waals surface area contributed by atoms with Gasteiger partial charge >= 0.3 is 0 Å². The van der Waals surface area contributed by atoms with Gasteiger partial charge in [0.25, 0.3) is 0 Å². The van der Waals surface area contributed by atoms with Gasteiger partial charge in [-0.25, -0.2) is 0 Å². The molecular formula is C17H20BrNO2. The predicted molar refractivity (Wildman–Crippen MR) is 89.1 cm³/mol. The van der Waals surface area contributed by atoms with Gasteiger partial charge in [0.05, 0.1) is 18.7 Å². The lowest BCUT2D eigenvalue weighted by molar-refractivity contribution is 0.393. The van der Waals surface area contributed by atoms with Crippen molar-refractivity contribution in [2.75, 3.05) is 14.2 Å². The van der Waals surface area contributed by atoms with E-state index in [0.29, 0.717) is 0 Å². The second-order valence-corrected chi connectivity index (χ2v) is 5.88. The van der Waals surface area contributed by atoms with Crippen molar-refractivity contribution in [2.45, 2.75) is 19.4 Å².